The van der Waals surface area contributed by atoms with E-state index >= 15 is 0 Å². The van der Waals surface area contributed by atoms with E-state index in [9.17, 15) is 8.42 Å². The third-order valence-corrected chi connectivity index (χ3v) is 5.35. The van der Waals surface area contributed by atoms with Crippen LogP contribution in [0, 0.1) is 0 Å². The molecule has 1 saturated heterocycles. The quantitative estimate of drug-likeness (QED) is 0.907. The predicted molar refractivity (Wildman–Crippen MR) is 71.0 cm³/mol. The van der Waals surface area contributed by atoms with Crippen molar-refractivity contribution in [2.24, 2.45) is 0 Å². The van der Waals surface area contributed by atoms with E-state index in [0.29, 0.717) is 17.3 Å². The fraction of sp³-hybridized carbons (Fsp3) is 0.583. The van der Waals surface area contributed by atoms with Crippen molar-refractivity contribution in [2.75, 3.05) is 18.9 Å². The minimum atomic E-state index is -3.39. The molecule has 1 aromatic rings. The second-order valence-electron chi connectivity index (χ2n) is 4.59. The summed E-state index contributed by atoms with van der Waals surface area (Å²) in [6.07, 6.45) is 4.50. The predicted octanol–water partition coefficient (Wildman–Crippen LogP) is 1.69. The Bertz CT molecular complexity index is 516. The second kappa shape index (κ2) is 5.24. The molecule has 0 bridgehead atoms. The number of piperidine rings is 1. The molecule has 0 spiro atoms. The van der Waals surface area contributed by atoms with Gasteiger partial charge in [-0.3, -0.25) is 0 Å². The Hall–Kier alpha value is -1.14. The molecule has 5 nitrogen and oxygen atoms in total. The number of sulfonamides is 1. The van der Waals surface area contributed by atoms with Gasteiger partial charge in [0, 0.05) is 31.9 Å². The molecular weight excluding hydrogens is 250 g/mol. The van der Waals surface area contributed by atoms with Crippen LogP contribution in [0.5, 0.6) is 0 Å². The normalized spacial score (nSPS) is 21.8. The monoisotopic (exact) mass is 269 g/mol. The molecule has 1 aromatic heterocycles. The van der Waals surface area contributed by atoms with E-state index in [1.54, 1.807) is 23.5 Å². The molecule has 100 valence electrons. The maximum atomic E-state index is 12.5. The van der Waals surface area contributed by atoms with Crippen molar-refractivity contribution < 1.29 is 8.42 Å². The summed E-state index contributed by atoms with van der Waals surface area (Å²) in [4.78, 5) is 4.36. The molecule has 1 aliphatic heterocycles. The molecule has 1 aliphatic rings. The van der Waals surface area contributed by atoms with Gasteiger partial charge >= 0.3 is 0 Å². The SMILES string of the molecule is CNc1cc(S(=O)(=O)N2CCCCC2C)ccn1. The van der Waals surface area contributed by atoms with E-state index in [1.165, 1.54) is 6.20 Å². The van der Waals surface area contributed by atoms with Crippen molar-refractivity contribution in [1.29, 1.82) is 0 Å². The lowest BCUT2D eigenvalue weighted by molar-refractivity contribution is 0.268. The molecule has 0 saturated carbocycles. The van der Waals surface area contributed by atoms with Crippen molar-refractivity contribution in [2.45, 2.75) is 37.1 Å². The molecule has 6 heteroatoms. The topological polar surface area (TPSA) is 62.3 Å². The van der Waals surface area contributed by atoms with Gasteiger partial charge in [-0.25, -0.2) is 13.4 Å². The van der Waals surface area contributed by atoms with Crippen LogP contribution in [-0.4, -0.2) is 37.3 Å². The Morgan fingerprint density at radius 2 is 2.22 bits per heavy atom. The minimum absolute atomic E-state index is 0.0787. The van der Waals surface area contributed by atoms with Crippen LogP contribution in [0.2, 0.25) is 0 Å². The van der Waals surface area contributed by atoms with Gasteiger partial charge in [0.1, 0.15) is 5.82 Å². The maximum Gasteiger partial charge on any atom is 0.243 e. The van der Waals surface area contributed by atoms with Gasteiger partial charge in [-0.15, -0.1) is 0 Å². The van der Waals surface area contributed by atoms with Crippen LogP contribution in [0.15, 0.2) is 23.2 Å². The van der Waals surface area contributed by atoms with Crippen LogP contribution in [0.4, 0.5) is 5.82 Å². The van der Waals surface area contributed by atoms with E-state index in [2.05, 4.69) is 10.3 Å². The van der Waals surface area contributed by atoms with E-state index in [1.807, 2.05) is 6.92 Å². The molecule has 2 heterocycles. The number of aromatic nitrogens is 1. The largest absolute Gasteiger partial charge is 0.373 e. The number of hydrogen-bond acceptors (Lipinski definition) is 4. The van der Waals surface area contributed by atoms with Crippen LogP contribution < -0.4 is 5.32 Å². The minimum Gasteiger partial charge on any atom is -0.373 e. The number of hydrogen-bond donors (Lipinski definition) is 1. The highest BCUT2D eigenvalue weighted by atomic mass is 32.2. The van der Waals surface area contributed by atoms with Crippen LogP contribution in [-0.2, 0) is 10.0 Å². The van der Waals surface area contributed by atoms with E-state index < -0.39 is 10.0 Å². The molecule has 1 unspecified atom stereocenters. The summed E-state index contributed by atoms with van der Waals surface area (Å²) in [5.74, 6) is 0.570. The number of pyridine rings is 1. The molecule has 0 aromatic carbocycles. The van der Waals surface area contributed by atoms with Gasteiger partial charge in [0.25, 0.3) is 0 Å². The van der Waals surface area contributed by atoms with Crippen molar-refractivity contribution in [3.63, 3.8) is 0 Å². The molecule has 1 atom stereocenters. The summed E-state index contributed by atoms with van der Waals surface area (Å²) in [7, 11) is -1.67. The molecule has 0 radical (unpaired) electrons. The average molecular weight is 269 g/mol. The fourth-order valence-corrected chi connectivity index (χ4v) is 3.99. The van der Waals surface area contributed by atoms with Gasteiger partial charge in [-0.1, -0.05) is 6.42 Å². The van der Waals surface area contributed by atoms with Gasteiger partial charge in [0.2, 0.25) is 10.0 Å². The highest BCUT2D eigenvalue weighted by molar-refractivity contribution is 7.89. The highest BCUT2D eigenvalue weighted by Crippen LogP contribution is 2.25. The van der Waals surface area contributed by atoms with Crippen molar-refractivity contribution in [3.05, 3.63) is 18.3 Å². The molecular formula is C12H19N3O2S. The molecule has 0 aliphatic carbocycles. The van der Waals surface area contributed by atoms with Gasteiger partial charge in [0.05, 0.1) is 4.90 Å². The number of rotatable bonds is 3. The molecule has 18 heavy (non-hydrogen) atoms. The zero-order chi connectivity index (χ0) is 13.2. The van der Waals surface area contributed by atoms with Crippen LogP contribution in [0.3, 0.4) is 0 Å². The lowest BCUT2D eigenvalue weighted by atomic mass is 10.1. The summed E-state index contributed by atoms with van der Waals surface area (Å²) in [5, 5.41) is 2.86. The summed E-state index contributed by atoms with van der Waals surface area (Å²) >= 11 is 0. The van der Waals surface area contributed by atoms with Crippen LogP contribution in [0.1, 0.15) is 26.2 Å². The Balaban J connectivity index is 2.34. The first kappa shape index (κ1) is 13.3. The number of nitrogens with zero attached hydrogens (tertiary/aromatic N) is 2. The Morgan fingerprint density at radius 3 is 2.89 bits per heavy atom. The molecule has 0 amide bonds. The summed E-state index contributed by atoms with van der Waals surface area (Å²) in [6, 6.07) is 3.21. The zero-order valence-corrected chi connectivity index (χ0v) is 11.6. The molecule has 1 fully saturated rings. The number of anilines is 1. The summed E-state index contributed by atoms with van der Waals surface area (Å²) in [6.45, 7) is 2.58. The first-order chi connectivity index (χ1) is 8.55. The first-order valence-electron chi connectivity index (χ1n) is 6.21. The third-order valence-electron chi connectivity index (χ3n) is 3.34. The van der Waals surface area contributed by atoms with Crippen molar-refractivity contribution in [1.82, 2.24) is 9.29 Å². The van der Waals surface area contributed by atoms with E-state index in [0.717, 1.165) is 19.3 Å². The zero-order valence-electron chi connectivity index (χ0n) is 10.8. The van der Waals surface area contributed by atoms with Gasteiger partial charge in [-0.05, 0) is 25.8 Å². The maximum absolute atomic E-state index is 12.5. The Labute approximate surface area is 108 Å². The summed E-state index contributed by atoms with van der Waals surface area (Å²) in [5.41, 5.74) is 0. The van der Waals surface area contributed by atoms with Crippen molar-refractivity contribution in [3.8, 4) is 0 Å². The highest BCUT2D eigenvalue weighted by Gasteiger charge is 2.30. The summed E-state index contributed by atoms with van der Waals surface area (Å²) < 4.78 is 26.7. The Kier molecular flexibility index (Phi) is 3.87. The van der Waals surface area contributed by atoms with Crippen molar-refractivity contribution >= 4 is 15.8 Å². The van der Waals surface area contributed by atoms with E-state index in [-0.39, 0.29) is 6.04 Å². The fourth-order valence-electron chi connectivity index (χ4n) is 2.27. The van der Waals surface area contributed by atoms with Crippen LogP contribution >= 0.6 is 0 Å². The standard InChI is InChI=1S/C12H19N3O2S/c1-10-5-3-4-8-15(10)18(16,17)11-6-7-14-12(9-11)13-2/h6-7,9-10H,3-5,8H2,1-2H3,(H,13,14). The van der Waals surface area contributed by atoms with Gasteiger partial charge in [0.15, 0.2) is 0 Å². The first-order valence-corrected chi connectivity index (χ1v) is 7.65. The number of nitrogens with one attached hydrogen (secondary N) is 1. The van der Waals surface area contributed by atoms with E-state index in [4.69, 9.17) is 0 Å². The molecule has 2 rings (SSSR count). The van der Waals surface area contributed by atoms with Gasteiger partial charge < -0.3 is 5.32 Å². The average Bonchev–Trinajstić information content (AvgIpc) is 2.39. The Morgan fingerprint density at radius 1 is 1.44 bits per heavy atom. The molecule has 1 N–H and O–H groups in total. The lowest BCUT2D eigenvalue weighted by Gasteiger charge is -2.32. The lowest BCUT2D eigenvalue weighted by Crippen LogP contribution is -2.41. The third kappa shape index (κ3) is 2.49. The van der Waals surface area contributed by atoms with Crippen LogP contribution in [0.25, 0.3) is 0 Å². The smallest absolute Gasteiger partial charge is 0.243 e. The second-order valence-corrected chi connectivity index (χ2v) is 6.48. The van der Waals surface area contributed by atoms with Gasteiger partial charge in [-0.2, -0.15) is 4.31 Å².